The molecule has 0 saturated heterocycles. The average molecular weight is 265 g/mol. The van der Waals surface area contributed by atoms with Gasteiger partial charge in [0.2, 0.25) is 0 Å². The standard InChI is InChI=1S/C13H23N5O/c14-10-5-9(6-13(16,17)7-10)8-18(19)12-4-2-1-3-11(12)15/h1-4,9-10,18H,5-8,14-17H2. The predicted molar refractivity (Wildman–Crippen MR) is 76.1 cm³/mol. The van der Waals surface area contributed by atoms with Crippen molar-refractivity contribution in [2.45, 2.75) is 31.0 Å². The molecule has 0 amide bonds. The van der Waals surface area contributed by atoms with Gasteiger partial charge in [0.15, 0.2) is 5.69 Å². The van der Waals surface area contributed by atoms with Crippen molar-refractivity contribution >= 4 is 11.4 Å². The van der Waals surface area contributed by atoms with Crippen molar-refractivity contribution in [2.24, 2.45) is 23.1 Å². The van der Waals surface area contributed by atoms with Crippen LogP contribution in [0.25, 0.3) is 0 Å². The minimum Gasteiger partial charge on any atom is -0.629 e. The number of benzene rings is 1. The molecule has 0 radical (unpaired) electrons. The van der Waals surface area contributed by atoms with Crippen LogP contribution in [0, 0.1) is 11.1 Å². The maximum atomic E-state index is 12.2. The molecule has 6 nitrogen and oxygen atoms in total. The number of quaternary nitrogens is 1. The van der Waals surface area contributed by atoms with Crippen LogP contribution in [0.4, 0.5) is 11.4 Å². The van der Waals surface area contributed by atoms with Crippen molar-refractivity contribution in [3.05, 3.63) is 29.5 Å². The highest BCUT2D eigenvalue weighted by Crippen LogP contribution is 2.26. The van der Waals surface area contributed by atoms with Crippen LogP contribution in [0.3, 0.4) is 0 Å². The largest absolute Gasteiger partial charge is 0.629 e. The summed E-state index contributed by atoms with van der Waals surface area (Å²) >= 11 is 0. The highest BCUT2D eigenvalue weighted by molar-refractivity contribution is 5.56. The van der Waals surface area contributed by atoms with Gasteiger partial charge in [0, 0.05) is 18.0 Å². The summed E-state index contributed by atoms with van der Waals surface area (Å²) in [6, 6.07) is 7.07. The molecule has 9 N–H and O–H groups in total. The van der Waals surface area contributed by atoms with E-state index >= 15 is 0 Å². The summed E-state index contributed by atoms with van der Waals surface area (Å²) in [6.07, 6.45) is 2.01. The number of nitrogens with one attached hydrogen (secondary N) is 1. The predicted octanol–water partition coefficient (Wildman–Crippen LogP) is -0.976. The van der Waals surface area contributed by atoms with E-state index < -0.39 is 5.66 Å². The number of hydrogen-bond acceptors (Lipinski definition) is 5. The topological polar surface area (TPSA) is 132 Å². The smallest absolute Gasteiger partial charge is 0.154 e. The van der Waals surface area contributed by atoms with Crippen LogP contribution in [-0.2, 0) is 0 Å². The Labute approximate surface area is 113 Å². The molecule has 1 aromatic rings. The van der Waals surface area contributed by atoms with Gasteiger partial charge in [0.25, 0.3) is 0 Å². The molecule has 1 fully saturated rings. The second-order valence-corrected chi connectivity index (χ2v) is 5.72. The first kappa shape index (κ1) is 14.2. The highest BCUT2D eigenvalue weighted by atomic mass is 16.5. The first-order valence-corrected chi connectivity index (χ1v) is 6.58. The van der Waals surface area contributed by atoms with E-state index in [0.717, 1.165) is 6.42 Å². The number of hydroxylamine groups is 1. The third kappa shape index (κ3) is 3.65. The molecule has 1 saturated carbocycles. The van der Waals surface area contributed by atoms with Crippen molar-refractivity contribution in [3.8, 4) is 0 Å². The summed E-state index contributed by atoms with van der Waals surface area (Å²) < 4.78 is 0. The molecule has 3 atom stereocenters. The van der Waals surface area contributed by atoms with Crippen LogP contribution in [0.2, 0.25) is 0 Å². The molecule has 0 aliphatic heterocycles. The van der Waals surface area contributed by atoms with E-state index in [2.05, 4.69) is 0 Å². The maximum Gasteiger partial charge on any atom is 0.154 e. The quantitative estimate of drug-likeness (QED) is 0.272. The number of nitrogens with two attached hydrogens (primary N) is 4. The van der Waals surface area contributed by atoms with Gasteiger partial charge in [-0.05, 0) is 25.3 Å². The van der Waals surface area contributed by atoms with Gasteiger partial charge < -0.3 is 33.2 Å². The van der Waals surface area contributed by atoms with Crippen molar-refractivity contribution in [2.75, 3.05) is 12.3 Å². The molecular weight excluding hydrogens is 242 g/mol. The zero-order valence-corrected chi connectivity index (χ0v) is 11.0. The van der Waals surface area contributed by atoms with E-state index in [0.29, 0.717) is 30.8 Å². The van der Waals surface area contributed by atoms with Crippen LogP contribution in [0.1, 0.15) is 19.3 Å². The lowest BCUT2D eigenvalue weighted by Crippen LogP contribution is -3.03. The summed E-state index contributed by atoms with van der Waals surface area (Å²) in [5.74, 6) is 0.130. The lowest BCUT2D eigenvalue weighted by Gasteiger charge is -2.39. The Morgan fingerprint density at radius 1 is 1.26 bits per heavy atom. The SMILES string of the molecule is Nc1ccccc1[NH+]([O-])CC1CC(N)CC(N)(N)C1. The van der Waals surface area contributed by atoms with E-state index in [4.69, 9.17) is 22.9 Å². The molecule has 1 aliphatic rings. The summed E-state index contributed by atoms with van der Waals surface area (Å²) in [4.78, 5) is 0. The second-order valence-electron chi connectivity index (χ2n) is 5.72. The van der Waals surface area contributed by atoms with Gasteiger partial charge in [-0.1, -0.05) is 12.1 Å². The fourth-order valence-electron chi connectivity index (χ4n) is 2.98. The Morgan fingerprint density at radius 2 is 1.95 bits per heavy atom. The van der Waals surface area contributed by atoms with Crippen molar-refractivity contribution in [1.29, 1.82) is 0 Å². The molecule has 0 heterocycles. The molecule has 2 rings (SSSR count). The van der Waals surface area contributed by atoms with Gasteiger partial charge in [0.1, 0.15) is 0 Å². The monoisotopic (exact) mass is 265 g/mol. The van der Waals surface area contributed by atoms with Crippen LogP contribution in [0.5, 0.6) is 0 Å². The number of rotatable bonds is 3. The average Bonchev–Trinajstić information content (AvgIpc) is 2.26. The normalized spacial score (nSPS) is 28.0. The summed E-state index contributed by atoms with van der Waals surface area (Å²) in [5.41, 5.74) is 24.0. The first-order valence-electron chi connectivity index (χ1n) is 6.58. The zero-order valence-electron chi connectivity index (χ0n) is 11.0. The van der Waals surface area contributed by atoms with Crippen LogP contribution < -0.4 is 28.0 Å². The number of anilines is 1. The van der Waals surface area contributed by atoms with Crippen molar-refractivity contribution in [1.82, 2.24) is 0 Å². The molecule has 6 heteroatoms. The molecule has 106 valence electrons. The Morgan fingerprint density at radius 3 is 2.58 bits per heavy atom. The Bertz CT molecular complexity index is 437. The molecule has 0 aromatic heterocycles. The third-order valence-electron chi connectivity index (χ3n) is 3.68. The first-order chi connectivity index (χ1) is 8.87. The van der Waals surface area contributed by atoms with Gasteiger partial charge in [0.05, 0.1) is 17.9 Å². The summed E-state index contributed by atoms with van der Waals surface area (Å²) in [7, 11) is 0. The molecule has 3 unspecified atom stereocenters. The van der Waals surface area contributed by atoms with Gasteiger partial charge >= 0.3 is 0 Å². The van der Waals surface area contributed by atoms with Gasteiger partial charge in [-0.15, -0.1) is 0 Å². The lowest BCUT2D eigenvalue weighted by atomic mass is 9.79. The fraction of sp³-hybridized carbons (Fsp3) is 0.538. The lowest BCUT2D eigenvalue weighted by molar-refractivity contribution is -0.780. The number of hydrogen-bond donors (Lipinski definition) is 5. The zero-order chi connectivity index (χ0) is 14.0. The molecule has 0 bridgehead atoms. The fourth-order valence-corrected chi connectivity index (χ4v) is 2.98. The van der Waals surface area contributed by atoms with E-state index in [1.54, 1.807) is 12.1 Å². The van der Waals surface area contributed by atoms with E-state index in [-0.39, 0.29) is 17.0 Å². The van der Waals surface area contributed by atoms with Crippen LogP contribution >= 0.6 is 0 Å². The van der Waals surface area contributed by atoms with E-state index in [9.17, 15) is 5.21 Å². The summed E-state index contributed by atoms with van der Waals surface area (Å²) in [5, 5.41) is 12.3. The highest BCUT2D eigenvalue weighted by Gasteiger charge is 2.34. The van der Waals surface area contributed by atoms with Crippen LogP contribution in [0.15, 0.2) is 24.3 Å². The minimum atomic E-state index is -0.759. The molecule has 19 heavy (non-hydrogen) atoms. The Kier molecular flexibility index (Phi) is 4.07. The van der Waals surface area contributed by atoms with Gasteiger partial charge in [-0.3, -0.25) is 0 Å². The van der Waals surface area contributed by atoms with E-state index in [1.165, 1.54) is 0 Å². The maximum absolute atomic E-state index is 12.2. The van der Waals surface area contributed by atoms with Gasteiger partial charge in [-0.25, -0.2) is 0 Å². The van der Waals surface area contributed by atoms with Crippen molar-refractivity contribution in [3.63, 3.8) is 0 Å². The van der Waals surface area contributed by atoms with E-state index in [1.807, 2.05) is 12.1 Å². The number of nitrogen functional groups attached to an aromatic ring is 1. The van der Waals surface area contributed by atoms with Gasteiger partial charge in [-0.2, -0.15) is 0 Å². The Balaban J connectivity index is 2.03. The molecule has 1 aromatic carbocycles. The van der Waals surface area contributed by atoms with Crippen molar-refractivity contribution < 1.29 is 5.06 Å². The summed E-state index contributed by atoms with van der Waals surface area (Å²) in [6.45, 7) is 0.401. The Hall–Kier alpha value is -1.18. The third-order valence-corrected chi connectivity index (χ3v) is 3.68. The molecule has 0 spiro atoms. The second kappa shape index (κ2) is 5.44. The minimum absolute atomic E-state index is 0.0327. The van der Waals surface area contributed by atoms with Crippen LogP contribution in [-0.4, -0.2) is 18.2 Å². The molecular formula is C13H23N5O. The molecule has 1 aliphatic carbocycles. The number of para-hydroxylation sites is 2.